The van der Waals surface area contributed by atoms with Crippen LogP contribution in [0.25, 0.3) is 0 Å². The lowest BCUT2D eigenvalue weighted by Gasteiger charge is -2.61. The number of anilines is 1. The molecule has 29 heavy (non-hydrogen) atoms. The number of carbonyl (C=O) groups is 1. The van der Waals surface area contributed by atoms with Crippen LogP contribution in [0.1, 0.15) is 57.7 Å². The second kappa shape index (κ2) is 6.82. The number of rotatable bonds is 6. The number of tetrazole rings is 1. The highest BCUT2D eigenvalue weighted by Gasteiger charge is 2.59. The highest BCUT2D eigenvalue weighted by Crippen LogP contribution is 2.65. The molecule has 4 aliphatic carbocycles. The Hall–Kier alpha value is -2.44. The zero-order chi connectivity index (χ0) is 20.1. The first-order chi connectivity index (χ1) is 14.0. The fraction of sp³-hybridized carbons (Fsp3) is 0.636. The number of ether oxygens (including phenoxy) is 1. The third-order valence-electron chi connectivity index (χ3n) is 7.07. The molecule has 7 nitrogen and oxygen atoms in total. The molecule has 1 N–H and O–H groups in total. The van der Waals surface area contributed by atoms with Crippen molar-refractivity contribution in [1.29, 1.82) is 0 Å². The van der Waals surface area contributed by atoms with Gasteiger partial charge in [0.15, 0.2) is 5.82 Å². The van der Waals surface area contributed by atoms with E-state index in [1.54, 1.807) is 0 Å². The Bertz CT molecular complexity index is 892. The molecule has 4 aliphatic rings. The Morgan fingerprint density at radius 2 is 1.93 bits per heavy atom. The van der Waals surface area contributed by atoms with Gasteiger partial charge in [0.05, 0.1) is 12.1 Å². The number of hydrogen-bond donors (Lipinski definition) is 1. The molecule has 0 saturated heterocycles. The van der Waals surface area contributed by atoms with Crippen molar-refractivity contribution in [2.45, 2.75) is 64.3 Å². The molecule has 1 aromatic carbocycles. The number of aromatic nitrogens is 4. The van der Waals surface area contributed by atoms with Crippen LogP contribution in [0.2, 0.25) is 0 Å². The fourth-order valence-corrected chi connectivity index (χ4v) is 6.67. The summed E-state index contributed by atoms with van der Waals surface area (Å²) in [4.78, 5) is 14.8. The third-order valence-corrected chi connectivity index (χ3v) is 7.07. The van der Waals surface area contributed by atoms with Crippen LogP contribution in [0.5, 0.6) is 5.75 Å². The number of aryl methyl sites for hydroxylation is 1. The summed E-state index contributed by atoms with van der Waals surface area (Å²) in [5.74, 6) is 2.99. The molecule has 0 radical (unpaired) electrons. The predicted octanol–water partition coefficient (Wildman–Crippen LogP) is 3.70. The zero-order valence-electron chi connectivity index (χ0n) is 17.2. The number of nitrogens with zero attached hydrogens (tertiary/aromatic N) is 4. The molecule has 6 rings (SSSR count). The van der Waals surface area contributed by atoms with Crippen molar-refractivity contribution in [3.8, 4) is 5.75 Å². The van der Waals surface area contributed by atoms with Crippen molar-refractivity contribution in [3.05, 3.63) is 30.1 Å². The van der Waals surface area contributed by atoms with E-state index in [4.69, 9.17) is 4.74 Å². The number of amides is 1. The summed E-state index contributed by atoms with van der Waals surface area (Å²) >= 11 is 0. The van der Waals surface area contributed by atoms with Crippen LogP contribution in [-0.2, 0) is 10.3 Å². The first-order valence-corrected chi connectivity index (χ1v) is 10.8. The summed E-state index contributed by atoms with van der Waals surface area (Å²) in [6, 6.07) is 7.62. The van der Waals surface area contributed by atoms with Gasteiger partial charge in [0.25, 0.3) is 0 Å². The second-order valence-corrected chi connectivity index (χ2v) is 9.49. The van der Waals surface area contributed by atoms with Crippen LogP contribution >= 0.6 is 0 Å². The molecule has 1 amide bonds. The maximum Gasteiger partial charge on any atom is 0.224 e. The minimum Gasteiger partial charge on any atom is -0.494 e. The lowest BCUT2D eigenvalue weighted by atomic mass is 9.46. The Balaban J connectivity index is 1.32. The largest absolute Gasteiger partial charge is 0.494 e. The summed E-state index contributed by atoms with van der Waals surface area (Å²) in [6.45, 7) is 4.49. The topological polar surface area (TPSA) is 81.9 Å². The van der Waals surface area contributed by atoms with Gasteiger partial charge in [0, 0.05) is 12.1 Å². The van der Waals surface area contributed by atoms with E-state index in [0.717, 1.165) is 49.4 Å². The number of nitrogens with one attached hydrogen (secondary N) is 1. The molecule has 7 heteroatoms. The third kappa shape index (κ3) is 3.40. The summed E-state index contributed by atoms with van der Waals surface area (Å²) < 4.78 is 5.48. The SMILES string of the molecule is CCOc1ccc(NC(=O)CC23C[C@H]4C[C@@H](C2)CC(n2nnc(C)n2)(C4)C3)cc1. The maximum atomic E-state index is 13.0. The number of hydrogen-bond acceptors (Lipinski definition) is 5. The number of benzene rings is 1. The van der Waals surface area contributed by atoms with Crippen molar-refractivity contribution in [1.82, 2.24) is 20.2 Å². The maximum absolute atomic E-state index is 13.0. The van der Waals surface area contributed by atoms with Gasteiger partial charge in [0.2, 0.25) is 5.91 Å². The van der Waals surface area contributed by atoms with Crippen LogP contribution in [0.4, 0.5) is 5.69 Å². The summed E-state index contributed by atoms with van der Waals surface area (Å²) in [5, 5.41) is 16.2. The molecular formula is C22H29N5O2. The van der Waals surface area contributed by atoms with Gasteiger partial charge >= 0.3 is 0 Å². The van der Waals surface area contributed by atoms with Gasteiger partial charge < -0.3 is 10.1 Å². The van der Waals surface area contributed by atoms with Gasteiger partial charge in [-0.25, -0.2) is 0 Å². The van der Waals surface area contributed by atoms with E-state index in [1.807, 2.05) is 42.9 Å². The van der Waals surface area contributed by atoms with E-state index in [9.17, 15) is 4.79 Å². The minimum atomic E-state index is -0.0508. The Morgan fingerprint density at radius 1 is 1.21 bits per heavy atom. The predicted molar refractivity (Wildman–Crippen MR) is 109 cm³/mol. The highest BCUT2D eigenvalue weighted by molar-refractivity contribution is 5.91. The van der Waals surface area contributed by atoms with Crippen LogP contribution in [0, 0.1) is 24.2 Å². The van der Waals surface area contributed by atoms with Gasteiger partial charge in [-0.1, -0.05) is 0 Å². The van der Waals surface area contributed by atoms with Crippen molar-refractivity contribution in [2.24, 2.45) is 17.3 Å². The van der Waals surface area contributed by atoms with Crippen LogP contribution in [0.3, 0.4) is 0 Å². The van der Waals surface area contributed by atoms with E-state index < -0.39 is 0 Å². The molecule has 0 spiro atoms. The summed E-state index contributed by atoms with van der Waals surface area (Å²) in [6.07, 6.45) is 7.40. The first-order valence-electron chi connectivity index (χ1n) is 10.8. The minimum absolute atomic E-state index is 0.0508. The smallest absolute Gasteiger partial charge is 0.224 e. The molecule has 1 aromatic heterocycles. The lowest BCUT2D eigenvalue weighted by molar-refractivity contribution is -0.135. The Morgan fingerprint density at radius 3 is 2.55 bits per heavy atom. The molecule has 4 atom stereocenters. The molecular weight excluding hydrogens is 366 g/mol. The second-order valence-electron chi connectivity index (χ2n) is 9.49. The van der Waals surface area contributed by atoms with Crippen molar-refractivity contribution in [2.75, 3.05) is 11.9 Å². The molecule has 4 saturated carbocycles. The summed E-state index contributed by atoms with van der Waals surface area (Å²) in [7, 11) is 0. The molecule has 2 aromatic rings. The molecule has 1 heterocycles. The molecule has 154 valence electrons. The van der Waals surface area contributed by atoms with Crippen molar-refractivity contribution < 1.29 is 9.53 Å². The zero-order valence-corrected chi connectivity index (χ0v) is 17.2. The molecule has 4 fully saturated rings. The average Bonchev–Trinajstić information content (AvgIpc) is 3.09. The van der Waals surface area contributed by atoms with E-state index in [2.05, 4.69) is 20.7 Å². The van der Waals surface area contributed by atoms with Gasteiger partial charge in [-0.3, -0.25) is 4.79 Å². The quantitative estimate of drug-likeness (QED) is 0.806. The van der Waals surface area contributed by atoms with E-state index in [1.165, 1.54) is 6.42 Å². The van der Waals surface area contributed by atoms with Gasteiger partial charge in [-0.15, -0.1) is 10.2 Å². The van der Waals surface area contributed by atoms with Gasteiger partial charge in [-0.05, 0) is 99.1 Å². The molecule has 0 aliphatic heterocycles. The van der Waals surface area contributed by atoms with Crippen molar-refractivity contribution >= 4 is 11.6 Å². The normalized spacial score (nSPS) is 32.3. The molecule has 4 bridgehead atoms. The van der Waals surface area contributed by atoms with E-state index >= 15 is 0 Å². The Labute approximate surface area is 171 Å². The first kappa shape index (κ1) is 18.6. The monoisotopic (exact) mass is 395 g/mol. The lowest BCUT2D eigenvalue weighted by Crippen LogP contribution is -2.57. The van der Waals surface area contributed by atoms with Gasteiger partial charge in [-0.2, -0.15) is 4.80 Å². The molecule has 2 unspecified atom stereocenters. The van der Waals surface area contributed by atoms with E-state index in [0.29, 0.717) is 24.9 Å². The van der Waals surface area contributed by atoms with Gasteiger partial charge in [0.1, 0.15) is 5.75 Å². The summed E-state index contributed by atoms with van der Waals surface area (Å²) in [5.41, 5.74) is 0.831. The van der Waals surface area contributed by atoms with Crippen LogP contribution < -0.4 is 10.1 Å². The number of carbonyl (C=O) groups excluding carboxylic acids is 1. The standard InChI is InChI=1S/C22H29N5O2/c1-3-29-19-6-4-18(5-7-19)23-20(28)13-21-9-16-8-17(10-21)12-22(11-16,14-21)27-25-15(2)24-26-27/h4-7,16-17H,3,8-14H2,1-2H3,(H,23,28)/t16-,17+,21?,22?. The Kier molecular flexibility index (Phi) is 4.37. The fourth-order valence-electron chi connectivity index (χ4n) is 6.67. The average molecular weight is 396 g/mol. The van der Waals surface area contributed by atoms with E-state index in [-0.39, 0.29) is 16.9 Å². The van der Waals surface area contributed by atoms with Crippen LogP contribution in [0.15, 0.2) is 24.3 Å². The van der Waals surface area contributed by atoms with Crippen molar-refractivity contribution in [3.63, 3.8) is 0 Å². The highest BCUT2D eigenvalue weighted by atomic mass is 16.5. The van der Waals surface area contributed by atoms with Crippen LogP contribution in [-0.4, -0.2) is 32.7 Å².